The van der Waals surface area contributed by atoms with Crippen molar-refractivity contribution in [1.82, 2.24) is 0 Å². The van der Waals surface area contributed by atoms with Gasteiger partial charge in [-0.25, -0.2) is 0 Å². The van der Waals surface area contributed by atoms with Gasteiger partial charge in [-0.15, -0.1) is 0 Å². The van der Waals surface area contributed by atoms with Crippen molar-refractivity contribution >= 4 is 0 Å². The van der Waals surface area contributed by atoms with E-state index in [1.54, 1.807) is 0 Å². The maximum atomic E-state index is 5.70. The van der Waals surface area contributed by atoms with E-state index >= 15 is 0 Å². The minimum atomic E-state index is 0.291. The van der Waals surface area contributed by atoms with Gasteiger partial charge in [-0.3, -0.25) is 0 Å². The molecule has 0 saturated carbocycles. The lowest BCUT2D eigenvalue weighted by Crippen LogP contribution is -2.25. The lowest BCUT2D eigenvalue weighted by atomic mass is 10.1. The first-order chi connectivity index (χ1) is 7.34. The molecule has 1 aromatic rings. The van der Waals surface area contributed by atoms with E-state index in [-0.39, 0.29) is 0 Å². The molecule has 2 rings (SSSR count). The van der Waals surface area contributed by atoms with Crippen molar-refractivity contribution in [3.05, 3.63) is 29.8 Å². The molecule has 0 bridgehead atoms. The van der Waals surface area contributed by atoms with Gasteiger partial charge in [0, 0.05) is 6.61 Å². The van der Waals surface area contributed by atoms with Crippen molar-refractivity contribution < 1.29 is 9.47 Å². The van der Waals surface area contributed by atoms with Gasteiger partial charge in [-0.05, 0) is 43.9 Å². The predicted octanol–water partition coefficient (Wildman–Crippen LogP) is 2.94. The fraction of sp³-hybridized carbons (Fsp3) is 0.538. The fourth-order valence-electron chi connectivity index (χ4n) is 1.83. The van der Waals surface area contributed by atoms with E-state index in [0.29, 0.717) is 12.7 Å². The van der Waals surface area contributed by atoms with E-state index in [1.165, 1.54) is 18.4 Å². The smallest absolute Gasteiger partial charge is 0.119 e. The number of benzene rings is 1. The van der Waals surface area contributed by atoms with Crippen LogP contribution < -0.4 is 4.74 Å². The van der Waals surface area contributed by atoms with Crippen LogP contribution in [-0.2, 0) is 4.74 Å². The second kappa shape index (κ2) is 5.17. The van der Waals surface area contributed by atoms with Crippen molar-refractivity contribution in [3.63, 3.8) is 0 Å². The molecule has 0 amide bonds. The van der Waals surface area contributed by atoms with E-state index in [9.17, 15) is 0 Å². The Bertz CT molecular complexity index is 303. The summed E-state index contributed by atoms with van der Waals surface area (Å²) in [6.45, 7) is 3.65. The first-order valence-electron chi connectivity index (χ1n) is 5.66. The molecule has 1 heterocycles. The SMILES string of the molecule is Cc1cccc(OC[C@@H]2CCCCO2)c1. The van der Waals surface area contributed by atoms with Crippen LogP contribution in [0.3, 0.4) is 0 Å². The van der Waals surface area contributed by atoms with Crippen molar-refractivity contribution in [2.24, 2.45) is 0 Å². The molecule has 0 spiro atoms. The third-order valence-electron chi connectivity index (χ3n) is 2.70. The minimum absolute atomic E-state index is 0.291. The molecule has 1 aliphatic rings. The molecule has 0 aliphatic carbocycles. The third-order valence-corrected chi connectivity index (χ3v) is 2.70. The van der Waals surface area contributed by atoms with Gasteiger partial charge in [0.2, 0.25) is 0 Å². The summed E-state index contributed by atoms with van der Waals surface area (Å²) >= 11 is 0. The lowest BCUT2D eigenvalue weighted by Gasteiger charge is -2.22. The first kappa shape index (κ1) is 10.5. The zero-order chi connectivity index (χ0) is 10.5. The highest BCUT2D eigenvalue weighted by Gasteiger charge is 2.14. The van der Waals surface area contributed by atoms with Crippen molar-refractivity contribution in [2.75, 3.05) is 13.2 Å². The molecule has 0 aromatic heterocycles. The molecule has 0 radical (unpaired) electrons. The summed E-state index contributed by atoms with van der Waals surface area (Å²) in [5.41, 5.74) is 1.23. The van der Waals surface area contributed by atoms with Crippen LogP contribution in [0.2, 0.25) is 0 Å². The quantitative estimate of drug-likeness (QED) is 0.757. The Morgan fingerprint density at radius 3 is 3.07 bits per heavy atom. The van der Waals surface area contributed by atoms with E-state index in [1.807, 2.05) is 12.1 Å². The van der Waals surface area contributed by atoms with Gasteiger partial charge < -0.3 is 9.47 Å². The maximum Gasteiger partial charge on any atom is 0.119 e. The van der Waals surface area contributed by atoms with Crippen LogP contribution in [0, 0.1) is 6.92 Å². The molecule has 1 atom stereocenters. The number of hydrogen-bond acceptors (Lipinski definition) is 2. The number of ether oxygens (including phenoxy) is 2. The Balaban J connectivity index is 1.81. The highest BCUT2D eigenvalue weighted by Crippen LogP contribution is 2.16. The summed E-state index contributed by atoms with van der Waals surface area (Å²) in [5, 5.41) is 0. The molecule has 1 fully saturated rings. The Labute approximate surface area is 91.2 Å². The zero-order valence-corrected chi connectivity index (χ0v) is 9.24. The molecular formula is C13H18O2. The molecule has 15 heavy (non-hydrogen) atoms. The second-order valence-electron chi connectivity index (χ2n) is 4.12. The summed E-state index contributed by atoms with van der Waals surface area (Å²) in [7, 11) is 0. The molecule has 1 saturated heterocycles. The average molecular weight is 206 g/mol. The molecular weight excluding hydrogens is 188 g/mol. The van der Waals surface area contributed by atoms with Gasteiger partial charge in [0.1, 0.15) is 12.4 Å². The van der Waals surface area contributed by atoms with Crippen LogP contribution in [0.5, 0.6) is 5.75 Å². The van der Waals surface area contributed by atoms with E-state index < -0.39 is 0 Å². The third kappa shape index (κ3) is 3.24. The summed E-state index contributed by atoms with van der Waals surface area (Å²) in [4.78, 5) is 0. The van der Waals surface area contributed by atoms with Crippen molar-refractivity contribution in [1.29, 1.82) is 0 Å². The lowest BCUT2D eigenvalue weighted by molar-refractivity contribution is -0.0110. The van der Waals surface area contributed by atoms with Crippen molar-refractivity contribution in [2.45, 2.75) is 32.3 Å². The topological polar surface area (TPSA) is 18.5 Å². The number of hydrogen-bond donors (Lipinski definition) is 0. The average Bonchev–Trinajstić information content (AvgIpc) is 2.28. The van der Waals surface area contributed by atoms with Crippen LogP contribution in [0.15, 0.2) is 24.3 Å². The molecule has 2 heteroatoms. The van der Waals surface area contributed by atoms with Gasteiger partial charge in [0.05, 0.1) is 6.10 Å². The number of aryl methyl sites for hydroxylation is 1. The van der Waals surface area contributed by atoms with Crippen LogP contribution in [0.1, 0.15) is 24.8 Å². The highest BCUT2D eigenvalue weighted by molar-refractivity contribution is 5.27. The normalized spacial score (nSPS) is 21.3. The standard InChI is InChI=1S/C13H18O2/c1-11-5-4-7-12(9-11)15-10-13-6-2-3-8-14-13/h4-5,7,9,13H,2-3,6,8,10H2,1H3/t13-/m0/s1. The predicted molar refractivity (Wildman–Crippen MR) is 60.3 cm³/mol. The van der Waals surface area contributed by atoms with Crippen LogP contribution in [0.4, 0.5) is 0 Å². The number of rotatable bonds is 3. The van der Waals surface area contributed by atoms with Crippen molar-refractivity contribution in [3.8, 4) is 5.75 Å². The van der Waals surface area contributed by atoms with Crippen LogP contribution >= 0.6 is 0 Å². The Morgan fingerprint density at radius 1 is 1.40 bits per heavy atom. The fourth-order valence-corrected chi connectivity index (χ4v) is 1.83. The summed E-state index contributed by atoms with van der Waals surface area (Å²) in [5.74, 6) is 0.948. The summed E-state index contributed by atoms with van der Waals surface area (Å²) in [6.07, 6.45) is 3.88. The zero-order valence-electron chi connectivity index (χ0n) is 9.24. The summed E-state index contributed by atoms with van der Waals surface area (Å²) < 4.78 is 11.3. The van der Waals surface area contributed by atoms with Gasteiger partial charge in [-0.1, -0.05) is 12.1 Å². The molecule has 82 valence electrons. The summed E-state index contributed by atoms with van der Waals surface area (Å²) in [6, 6.07) is 8.15. The van der Waals surface area contributed by atoms with Crippen LogP contribution in [-0.4, -0.2) is 19.3 Å². The highest BCUT2D eigenvalue weighted by atomic mass is 16.5. The Kier molecular flexibility index (Phi) is 3.62. The Hall–Kier alpha value is -1.02. The molecule has 0 unspecified atom stereocenters. The van der Waals surface area contributed by atoms with Gasteiger partial charge in [0.25, 0.3) is 0 Å². The molecule has 1 aromatic carbocycles. The largest absolute Gasteiger partial charge is 0.491 e. The van der Waals surface area contributed by atoms with Crippen LogP contribution in [0.25, 0.3) is 0 Å². The van der Waals surface area contributed by atoms with Gasteiger partial charge in [0.15, 0.2) is 0 Å². The Morgan fingerprint density at radius 2 is 2.33 bits per heavy atom. The molecule has 2 nitrogen and oxygen atoms in total. The minimum Gasteiger partial charge on any atom is -0.491 e. The maximum absolute atomic E-state index is 5.70. The van der Waals surface area contributed by atoms with Gasteiger partial charge >= 0.3 is 0 Å². The molecule has 1 aliphatic heterocycles. The van der Waals surface area contributed by atoms with E-state index in [4.69, 9.17) is 9.47 Å². The molecule has 0 N–H and O–H groups in total. The monoisotopic (exact) mass is 206 g/mol. The van der Waals surface area contributed by atoms with Gasteiger partial charge in [-0.2, -0.15) is 0 Å². The second-order valence-corrected chi connectivity index (χ2v) is 4.12. The first-order valence-corrected chi connectivity index (χ1v) is 5.66. The van der Waals surface area contributed by atoms with E-state index in [0.717, 1.165) is 18.8 Å². The van der Waals surface area contributed by atoms with E-state index in [2.05, 4.69) is 19.1 Å².